The molecule has 0 fully saturated rings. The molecule has 39 heavy (non-hydrogen) atoms. The first-order valence-corrected chi connectivity index (χ1v) is 14.4. The second-order valence-electron chi connectivity index (χ2n) is 9.32. The molecule has 2 aromatic rings. The highest BCUT2D eigenvalue weighted by molar-refractivity contribution is 7.86. The quantitative estimate of drug-likeness (QED) is 0.254. The minimum atomic E-state index is -4.19. The third kappa shape index (κ3) is 7.41. The molecule has 0 spiro atoms. The van der Waals surface area contributed by atoms with Gasteiger partial charge in [-0.25, -0.2) is 9.37 Å². The minimum absolute atomic E-state index is 0.0794. The average molecular weight is 561 g/mol. The van der Waals surface area contributed by atoms with E-state index in [-0.39, 0.29) is 31.2 Å². The Hall–Kier alpha value is -3.80. The van der Waals surface area contributed by atoms with Gasteiger partial charge < -0.3 is 14.4 Å². The molecule has 0 aliphatic carbocycles. The smallest absolute Gasteiger partial charge is 0.306 e. The van der Waals surface area contributed by atoms with Gasteiger partial charge in [0.15, 0.2) is 5.69 Å². The van der Waals surface area contributed by atoms with Gasteiger partial charge in [-0.1, -0.05) is 24.8 Å². The molecule has 10 nitrogen and oxygen atoms in total. The van der Waals surface area contributed by atoms with Gasteiger partial charge in [-0.05, 0) is 55.4 Å². The van der Waals surface area contributed by atoms with E-state index in [2.05, 4.69) is 23.5 Å². The maximum atomic E-state index is 13.6. The first-order chi connectivity index (χ1) is 18.5. The van der Waals surface area contributed by atoms with Gasteiger partial charge in [-0.15, -0.1) is 6.58 Å². The summed E-state index contributed by atoms with van der Waals surface area (Å²) >= 11 is 0. The zero-order valence-electron chi connectivity index (χ0n) is 22.1. The van der Waals surface area contributed by atoms with E-state index in [1.54, 1.807) is 13.1 Å². The van der Waals surface area contributed by atoms with Crippen LogP contribution in [0.25, 0.3) is 6.08 Å². The Morgan fingerprint density at radius 3 is 2.72 bits per heavy atom. The van der Waals surface area contributed by atoms with Crippen molar-refractivity contribution >= 4 is 28.0 Å². The van der Waals surface area contributed by atoms with Gasteiger partial charge in [0.05, 0.1) is 12.3 Å². The molecule has 210 valence electrons. The minimum Gasteiger partial charge on any atom is -0.374 e. The highest BCUT2D eigenvalue weighted by atomic mass is 32.2. The summed E-state index contributed by atoms with van der Waals surface area (Å²) < 4.78 is 43.9. The summed E-state index contributed by atoms with van der Waals surface area (Å²) in [6, 6.07) is 3.35. The van der Waals surface area contributed by atoms with Crippen LogP contribution < -0.4 is 15.1 Å². The summed E-state index contributed by atoms with van der Waals surface area (Å²) in [5, 5.41) is 2.60. The number of hydrogen-bond donors (Lipinski definition) is 1. The number of amides is 2. The van der Waals surface area contributed by atoms with Gasteiger partial charge in [0, 0.05) is 26.6 Å². The molecule has 2 heterocycles. The number of unbranched alkanes of at least 4 members (excludes halogenated alkanes) is 1. The van der Waals surface area contributed by atoms with Crippen LogP contribution in [0.5, 0.6) is 5.75 Å². The lowest BCUT2D eigenvalue weighted by Gasteiger charge is -2.28. The molecule has 2 amide bonds. The largest absolute Gasteiger partial charge is 0.374 e. The monoisotopic (exact) mass is 560 g/mol. The summed E-state index contributed by atoms with van der Waals surface area (Å²) in [6.45, 7) is 7.45. The molecule has 1 atom stereocenters. The van der Waals surface area contributed by atoms with Crippen LogP contribution in [-0.4, -0.2) is 48.0 Å². The Labute approximate surface area is 227 Å². The van der Waals surface area contributed by atoms with Gasteiger partial charge in [0.2, 0.25) is 11.7 Å². The molecule has 1 N–H and O–H groups in total. The van der Waals surface area contributed by atoms with Crippen molar-refractivity contribution in [3.63, 3.8) is 0 Å². The van der Waals surface area contributed by atoms with Crippen LogP contribution in [0.2, 0.25) is 0 Å². The molecule has 0 saturated heterocycles. The van der Waals surface area contributed by atoms with Crippen LogP contribution in [0, 0.1) is 5.82 Å². The van der Waals surface area contributed by atoms with Crippen molar-refractivity contribution in [2.45, 2.75) is 57.7 Å². The number of carbonyl (C=O) groups is 2. The van der Waals surface area contributed by atoms with Crippen molar-refractivity contribution in [1.29, 1.82) is 0 Å². The number of fused-ring (bicyclic) bond motifs is 1. The second-order valence-corrected chi connectivity index (χ2v) is 10.9. The van der Waals surface area contributed by atoms with Crippen molar-refractivity contribution in [3.8, 4) is 5.75 Å². The highest BCUT2D eigenvalue weighted by Crippen LogP contribution is 2.29. The summed E-state index contributed by atoms with van der Waals surface area (Å²) in [5.74, 6) is -2.03. The topological polar surface area (TPSA) is 128 Å². The van der Waals surface area contributed by atoms with Crippen LogP contribution in [-0.2, 0) is 28.0 Å². The molecule has 1 aliphatic heterocycles. The maximum absolute atomic E-state index is 13.6. The van der Waals surface area contributed by atoms with Crippen molar-refractivity contribution in [1.82, 2.24) is 19.8 Å². The average Bonchev–Trinajstić information content (AvgIpc) is 3.10. The Bertz CT molecular complexity index is 1440. The van der Waals surface area contributed by atoms with Gasteiger partial charge in [0.25, 0.3) is 11.5 Å². The lowest BCUT2D eigenvalue weighted by molar-refractivity contribution is -0.132. The van der Waals surface area contributed by atoms with E-state index in [0.29, 0.717) is 43.2 Å². The van der Waals surface area contributed by atoms with Crippen LogP contribution >= 0.6 is 0 Å². The number of hydrogen-bond acceptors (Lipinski definition) is 7. The van der Waals surface area contributed by atoms with Crippen LogP contribution in [0.1, 0.15) is 72.0 Å². The number of allylic oxidation sites excluding steroid dienone is 1. The molecule has 1 aliphatic rings. The Morgan fingerprint density at radius 1 is 1.31 bits per heavy atom. The number of nitrogens with one attached hydrogen (secondary N) is 1. The third-order valence-electron chi connectivity index (χ3n) is 6.44. The fourth-order valence-electron chi connectivity index (χ4n) is 4.43. The predicted molar refractivity (Wildman–Crippen MR) is 145 cm³/mol. The highest BCUT2D eigenvalue weighted by Gasteiger charge is 2.33. The number of benzene rings is 1. The van der Waals surface area contributed by atoms with Crippen LogP contribution in [0.15, 0.2) is 42.2 Å². The zero-order chi connectivity index (χ0) is 28.7. The lowest BCUT2D eigenvalue weighted by atomic mass is 10.1. The van der Waals surface area contributed by atoms with E-state index in [0.717, 1.165) is 6.26 Å². The predicted octanol–water partition coefficient (Wildman–Crippen LogP) is 3.33. The molecule has 0 saturated carbocycles. The molecule has 12 heteroatoms. The van der Waals surface area contributed by atoms with Gasteiger partial charge in [0.1, 0.15) is 11.6 Å². The number of carbonyl (C=O) groups excluding carboxylic acids is 2. The molecule has 3 rings (SSSR count). The molecule has 1 aromatic heterocycles. The molecule has 1 unspecified atom stereocenters. The van der Waals surface area contributed by atoms with Gasteiger partial charge >= 0.3 is 10.1 Å². The second kappa shape index (κ2) is 12.8. The fourth-order valence-corrected chi connectivity index (χ4v) is 4.88. The van der Waals surface area contributed by atoms with E-state index >= 15 is 0 Å². The molecular formula is C27H33FN4O6S. The third-order valence-corrected chi connectivity index (χ3v) is 6.91. The van der Waals surface area contributed by atoms with Crippen molar-refractivity contribution in [2.75, 3.05) is 13.3 Å². The molecule has 1 aromatic carbocycles. The molecular weight excluding hydrogens is 527 g/mol. The van der Waals surface area contributed by atoms with E-state index in [1.807, 2.05) is 0 Å². The molecule has 0 radical (unpaired) electrons. The summed E-state index contributed by atoms with van der Waals surface area (Å²) in [4.78, 5) is 45.7. The Morgan fingerprint density at radius 2 is 2.05 bits per heavy atom. The van der Waals surface area contributed by atoms with E-state index in [1.165, 1.54) is 33.7 Å². The summed E-state index contributed by atoms with van der Waals surface area (Å²) in [6.07, 6.45) is 7.25. The number of rotatable bonds is 11. The fraction of sp³-hybridized carbons (Fsp3) is 0.407. The number of aromatic nitrogens is 2. The van der Waals surface area contributed by atoms with Crippen molar-refractivity contribution in [2.24, 2.45) is 0 Å². The Kier molecular flexibility index (Phi) is 9.79. The first kappa shape index (κ1) is 29.8. The van der Waals surface area contributed by atoms with E-state index in [9.17, 15) is 27.2 Å². The first-order valence-electron chi connectivity index (χ1n) is 12.6. The van der Waals surface area contributed by atoms with Crippen LogP contribution in [0.3, 0.4) is 0 Å². The van der Waals surface area contributed by atoms with Crippen molar-refractivity contribution in [3.05, 3.63) is 76.2 Å². The molecule has 0 bridgehead atoms. The maximum Gasteiger partial charge on any atom is 0.306 e. The summed E-state index contributed by atoms with van der Waals surface area (Å²) in [5.41, 5.74) is -0.351. The zero-order valence-corrected chi connectivity index (χ0v) is 22.9. The van der Waals surface area contributed by atoms with Crippen molar-refractivity contribution < 1.29 is 26.6 Å². The van der Waals surface area contributed by atoms with E-state index < -0.39 is 44.9 Å². The van der Waals surface area contributed by atoms with E-state index in [4.69, 9.17) is 4.18 Å². The lowest BCUT2D eigenvalue weighted by Crippen LogP contribution is -2.38. The number of nitrogens with zero attached hydrogens (tertiary/aromatic N) is 3. The van der Waals surface area contributed by atoms with Gasteiger partial charge in [-0.2, -0.15) is 8.42 Å². The number of halogens is 1. The Balaban J connectivity index is 2.05. The van der Waals surface area contributed by atoms with Crippen LogP contribution in [0.4, 0.5) is 4.39 Å². The summed E-state index contributed by atoms with van der Waals surface area (Å²) in [7, 11) is -2.57. The SMILES string of the molecule is C=CCCCC(=O)N(C)C1CCCCn2c1nc(C(=O)NCc1ccc(F)cc1C=C)c(OS(C)(=O)=O)c2=O. The standard InChI is InChI=1S/C27H33FN4O6S/c1-5-7-8-12-22(33)31(3)21-11-9-10-15-32-25(21)30-23(24(27(32)35)38-39(4,36)37)26(34)29-17-19-13-14-20(28)16-18(19)6-2/h5-6,13-14,16,21H,1-2,7-12,15,17H2,3-4H3,(H,29,34). The normalized spacial score (nSPS) is 15.0. The van der Waals surface area contributed by atoms with Gasteiger partial charge in [-0.3, -0.25) is 19.0 Å².